The van der Waals surface area contributed by atoms with Crippen molar-refractivity contribution in [3.05, 3.63) is 78.1 Å². The van der Waals surface area contributed by atoms with Crippen LogP contribution in [0.25, 0.3) is 0 Å². The Labute approximate surface area is 183 Å². The lowest BCUT2D eigenvalue weighted by Crippen LogP contribution is -2.32. The highest BCUT2D eigenvalue weighted by molar-refractivity contribution is 7.09. The van der Waals surface area contributed by atoms with Crippen LogP contribution in [-0.4, -0.2) is 20.7 Å². The number of halogens is 1. The molecule has 0 atom stereocenters. The SMILES string of the molecule is Cc1cnn(CCc2scnc2C)c(=O)c1CC(=O)NCc1cc(Cl)ccc1CN. The van der Waals surface area contributed by atoms with Gasteiger partial charge in [-0.05, 0) is 42.7 Å². The van der Waals surface area contributed by atoms with Crippen LogP contribution < -0.4 is 16.6 Å². The molecule has 0 saturated heterocycles. The van der Waals surface area contributed by atoms with Gasteiger partial charge in [0.25, 0.3) is 5.56 Å². The Morgan fingerprint density at radius 2 is 2.10 bits per heavy atom. The van der Waals surface area contributed by atoms with Crippen molar-refractivity contribution >= 4 is 28.8 Å². The zero-order valence-electron chi connectivity index (χ0n) is 16.9. The molecule has 0 bridgehead atoms. The first-order chi connectivity index (χ1) is 14.4. The van der Waals surface area contributed by atoms with Gasteiger partial charge < -0.3 is 11.1 Å². The van der Waals surface area contributed by atoms with Gasteiger partial charge in [-0.15, -0.1) is 11.3 Å². The molecule has 3 aromatic rings. The van der Waals surface area contributed by atoms with E-state index in [1.807, 2.05) is 13.0 Å². The number of amides is 1. The van der Waals surface area contributed by atoms with Crippen molar-refractivity contribution in [1.82, 2.24) is 20.1 Å². The van der Waals surface area contributed by atoms with E-state index in [4.69, 9.17) is 17.3 Å². The smallest absolute Gasteiger partial charge is 0.270 e. The maximum atomic E-state index is 12.9. The molecule has 158 valence electrons. The summed E-state index contributed by atoms with van der Waals surface area (Å²) < 4.78 is 1.41. The maximum Gasteiger partial charge on any atom is 0.270 e. The van der Waals surface area contributed by atoms with Crippen molar-refractivity contribution in [2.24, 2.45) is 5.73 Å². The number of aromatic nitrogens is 3. The summed E-state index contributed by atoms with van der Waals surface area (Å²) in [4.78, 5) is 30.7. The molecule has 3 N–H and O–H groups in total. The minimum absolute atomic E-state index is 0.00863. The standard InChI is InChI=1S/C21H24ClN5O2S/c1-13-10-26-27(6-5-19-14(2)25-12-30-19)21(29)18(13)8-20(28)24-11-16-7-17(22)4-3-15(16)9-23/h3-4,7,10,12H,5-6,8-9,11,23H2,1-2H3,(H,24,28). The van der Waals surface area contributed by atoms with Gasteiger partial charge in [0.05, 0.1) is 23.8 Å². The van der Waals surface area contributed by atoms with Crippen LogP contribution in [0.3, 0.4) is 0 Å². The zero-order valence-corrected chi connectivity index (χ0v) is 18.5. The fourth-order valence-corrected chi connectivity index (χ4v) is 4.10. The maximum absolute atomic E-state index is 12.9. The third-order valence-corrected chi connectivity index (χ3v) is 6.19. The number of hydrogen-bond acceptors (Lipinski definition) is 6. The van der Waals surface area contributed by atoms with Crippen LogP contribution in [0.15, 0.2) is 34.7 Å². The lowest BCUT2D eigenvalue weighted by atomic mass is 10.1. The predicted octanol–water partition coefficient (Wildman–Crippen LogP) is 2.53. The summed E-state index contributed by atoms with van der Waals surface area (Å²) in [5.41, 5.74) is 11.2. The van der Waals surface area contributed by atoms with Crippen LogP contribution in [0.2, 0.25) is 5.02 Å². The average Bonchev–Trinajstić information content (AvgIpc) is 3.14. The molecule has 0 saturated carbocycles. The average molecular weight is 446 g/mol. The Morgan fingerprint density at radius 1 is 1.30 bits per heavy atom. The van der Waals surface area contributed by atoms with Gasteiger partial charge in [-0.3, -0.25) is 9.59 Å². The van der Waals surface area contributed by atoms with Gasteiger partial charge in [0.2, 0.25) is 5.91 Å². The van der Waals surface area contributed by atoms with Crippen LogP contribution in [0.1, 0.15) is 32.8 Å². The van der Waals surface area contributed by atoms with Gasteiger partial charge in [-0.2, -0.15) is 5.10 Å². The number of aryl methyl sites for hydroxylation is 4. The quantitative estimate of drug-likeness (QED) is 0.554. The van der Waals surface area contributed by atoms with Crippen LogP contribution in [0.5, 0.6) is 0 Å². The van der Waals surface area contributed by atoms with Gasteiger partial charge in [0.15, 0.2) is 0 Å². The third kappa shape index (κ3) is 5.33. The third-order valence-electron chi connectivity index (χ3n) is 4.96. The van der Waals surface area contributed by atoms with Gasteiger partial charge in [0, 0.05) is 41.5 Å². The van der Waals surface area contributed by atoms with Crippen molar-refractivity contribution in [1.29, 1.82) is 0 Å². The molecular formula is C21H24ClN5O2S. The number of nitrogens with two attached hydrogens (primary N) is 1. The normalized spacial score (nSPS) is 10.9. The second kappa shape index (κ2) is 9.97. The molecule has 0 spiro atoms. The van der Waals surface area contributed by atoms with Crippen LogP contribution in [0, 0.1) is 13.8 Å². The summed E-state index contributed by atoms with van der Waals surface area (Å²) in [6.45, 7) is 4.84. The van der Waals surface area contributed by atoms with E-state index in [1.54, 1.807) is 42.1 Å². The van der Waals surface area contributed by atoms with E-state index < -0.39 is 0 Å². The van der Waals surface area contributed by atoms with E-state index in [9.17, 15) is 9.59 Å². The molecule has 0 fully saturated rings. The number of nitrogens with zero attached hydrogens (tertiary/aromatic N) is 3. The van der Waals surface area contributed by atoms with Gasteiger partial charge in [-0.25, -0.2) is 9.67 Å². The molecule has 0 radical (unpaired) electrons. The highest BCUT2D eigenvalue weighted by Crippen LogP contribution is 2.16. The lowest BCUT2D eigenvalue weighted by molar-refractivity contribution is -0.120. The molecule has 9 heteroatoms. The number of benzene rings is 1. The van der Waals surface area contributed by atoms with E-state index in [-0.39, 0.29) is 17.9 Å². The van der Waals surface area contributed by atoms with E-state index in [2.05, 4.69) is 15.4 Å². The summed E-state index contributed by atoms with van der Waals surface area (Å²) in [6, 6.07) is 5.40. The molecule has 0 aliphatic carbocycles. The van der Waals surface area contributed by atoms with Crippen LogP contribution in [-0.2, 0) is 37.3 Å². The van der Waals surface area contributed by atoms with Gasteiger partial charge in [0.1, 0.15) is 0 Å². The summed E-state index contributed by atoms with van der Waals surface area (Å²) >= 11 is 7.61. The van der Waals surface area contributed by atoms with Gasteiger partial charge in [-0.1, -0.05) is 17.7 Å². The summed E-state index contributed by atoms with van der Waals surface area (Å²) in [7, 11) is 0. The molecule has 1 aromatic carbocycles. The minimum atomic E-state index is -0.241. The van der Waals surface area contributed by atoms with E-state index in [0.717, 1.165) is 21.7 Å². The molecule has 1 amide bonds. The molecule has 0 aliphatic heterocycles. The van der Waals surface area contributed by atoms with Crippen molar-refractivity contribution in [2.45, 2.75) is 46.3 Å². The number of hydrogen-bond donors (Lipinski definition) is 2. The Morgan fingerprint density at radius 3 is 2.80 bits per heavy atom. The first-order valence-electron chi connectivity index (χ1n) is 9.57. The Balaban J connectivity index is 1.68. The Hall–Kier alpha value is -2.55. The van der Waals surface area contributed by atoms with Crippen molar-refractivity contribution in [3.63, 3.8) is 0 Å². The number of thiazole rings is 1. The largest absolute Gasteiger partial charge is 0.352 e. The van der Waals surface area contributed by atoms with Crippen LogP contribution in [0.4, 0.5) is 0 Å². The summed E-state index contributed by atoms with van der Waals surface area (Å²) in [6.07, 6.45) is 2.30. The Kier molecular flexibility index (Phi) is 7.36. The zero-order chi connectivity index (χ0) is 21.7. The topological polar surface area (TPSA) is 103 Å². The fraction of sp³-hybridized carbons (Fsp3) is 0.333. The molecular weight excluding hydrogens is 422 g/mol. The molecule has 2 aromatic heterocycles. The summed E-state index contributed by atoms with van der Waals surface area (Å²) in [5.74, 6) is -0.241. The highest BCUT2D eigenvalue weighted by Gasteiger charge is 2.14. The van der Waals surface area contributed by atoms with Crippen molar-refractivity contribution in [2.75, 3.05) is 0 Å². The number of nitrogens with one attached hydrogen (secondary N) is 1. The molecule has 3 rings (SSSR count). The predicted molar refractivity (Wildman–Crippen MR) is 119 cm³/mol. The van der Waals surface area contributed by atoms with Crippen molar-refractivity contribution in [3.8, 4) is 0 Å². The van der Waals surface area contributed by atoms with E-state index in [1.165, 1.54) is 4.68 Å². The Bertz CT molecular complexity index is 1110. The molecule has 0 aliphatic rings. The lowest BCUT2D eigenvalue weighted by Gasteiger charge is -2.12. The van der Waals surface area contributed by atoms with E-state index in [0.29, 0.717) is 42.2 Å². The van der Waals surface area contributed by atoms with Gasteiger partial charge >= 0.3 is 0 Å². The summed E-state index contributed by atoms with van der Waals surface area (Å²) in [5, 5.41) is 7.67. The monoisotopic (exact) mass is 445 g/mol. The molecule has 0 unspecified atom stereocenters. The first-order valence-corrected chi connectivity index (χ1v) is 10.8. The first kappa shape index (κ1) is 22.1. The number of rotatable bonds is 8. The van der Waals surface area contributed by atoms with Crippen molar-refractivity contribution < 1.29 is 4.79 Å². The molecule has 7 nitrogen and oxygen atoms in total. The molecule has 2 heterocycles. The number of carbonyl (C=O) groups is 1. The second-order valence-electron chi connectivity index (χ2n) is 7.02. The number of carbonyl (C=O) groups excluding carboxylic acids is 1. The minimum Gasteiger partial charge on any atom is -0.352 e. The molecule has 30 heavy (non-hydrogen) atoms. The van der Waals surface area contributed by atoms with E-state index >= 15 is 0 Å². The fourth-order valence-electron chi connectivity index (χ4n) is 3.13. The van der Waals surface area contributed by atoms with Crippen LogP contribution >= 0.6 is 22.9 Å². The highest BCUT2D eigenvalue weighted by atomic mass is 35.5. The second-order valence-corrected chi connectivity index (χ2v) is 8.39.